The van der Waals surface area contributed by atoms with Gasteiger partial charge in [-0.1, -0.05) is 13.8 Å². The van der Waals surface area contributed by atoms with E-state index < -0.39 is 6.03 Å². The van der Waals surface area contributed by atoms with Crippen molar-refractivity contribution in [3.8, 4) is 0 Å². The van der Waals surface area contributed by atoms with Crippen LogP contribution < -0.4 is 0 Å². The minimum atomic E-state index is -0.458. The molecule has 2 rings (SSSR count). The molecule has 1 saturated heterocycles. The first-order valence-corrected chi connectivity index (χ1v) is 5.41. The lowest BCUT2D eigenvalue weighted by Crippen LogP contribution is -2.60. The number of urea groups is 1. The smallest absolute Gasteiger partial charge is 0.275 e. The molecule has 0 radical (unpaired) electrons. The number of carbonyl (C=O) groups excluding carboxylic acids is 3. The van der Waals surface area contributed by atoms with Crippen LogP contribution in [-0.4, -0.2) is 39.7 Å². The molecule has 5 nitrogen and oxygen atoms in total. The molecule has 1 aliphatic carbocycles. The summed E-state index contributed by atoms with van der Waals surface area (Å²) in [6, 6.07) is -0.731. The lowest BCUT2D eigenvalue weighted by atomic mass is 9.63. The van der Waals surface area contributed by atoms with Crippen LogP contribution in [0.15, 0.2) is 0 Å². The molecule has 2 fully saturated rings. The van der Waals surface area contributed by atoms with Gasteiger partial charge in [-0.2, -0.15) is 0 Å². The van der Waals surface area contributed by atoms with Gasteiger partial charge in [-0.15, -0.1) is 0 Å². The third-order valence-electron chi connectivity index (χ3n) is 3.60. The predicted molar refractivity (Wildman–Crippen MR) is 56.4 cm³/mol. The minimum Gasteiger partial charge on any atom is -0.275 e. The number of amides is 4. The molecule has 0 unspecified atom stereocenters. The predicted octanol–water partition coefficient (Wildman–Crippen LogP) is 0.984. The molecular weight excluding hydrogens is 208 g/mol. The lowest BCUT2D eigenvalue weighted by molar-refractivity contribution is -0.134. The number of nitrogens with zero attached hydrogens (tertiary/aromatic N) is 2. The zero-order valence-electron chi connectivity index (χ0n) is 9.98. The highest BCUT2D eigenvalue weighted by Gasteiger charge is 2.62. The molecule has 0 aromatic carbocycles. The van der Waals surface area contributed by atoms with E-state index in [-0.39, 0.29) is 29.3 Å². The Hall–Kier alpha value is -1.39. The maximum absolute atomic E-state index is 11.9. The Kier molecular flexibility index (Phi) is 2.12. The topological polar surface area (TPSA) is 57.7 Å². The van der Waals surface area contributed by atoms with Gasteiger partial charge in [0.25, 0.3) is 0 Å². The van der Waals surface area contributed by atoms with Crippen molar-refractivity contribution in [2.24, 2.45) is 5.41 Å². The lowest BCUT2D eigenvalue weighted by Gasteiger charge is -2.49. The molecular formula is C11H16N2O3. The van der Waals surface area contributed by atoms with Crippen LogP contribution in [0.1, 0.15) is 34.1 Å². The molecule has 4 amide bonds. The van der Waals surface area contributed by atoms with Gasteiger partial charge >= 0.3 is 6.03 Å². The van der Waals surface area contributed by atoms with Crippen molar-refractivity contribution < 1.29 is 14.4 Å². The van der Waals surface area contributed by atoms with Crippen molar-refractivity contribution >= 4 is 17.8 Å². The van der Waals surface area contributed by atoms with Crippen LogP contribution in [0.5, 0.6) is 0 Å². The zero-order chi connectivity index (χ0) is 12.2. The van der Waals surface area contributed by atoms with E-state index in [1.165, 1.54) is 23.6 Å². The van der Waals surface area contributed by atoms with Crippen molar-refractivity contribution in [1.82, 2.24) is 9.80 Å². The third kappa shape index (κ3) is 1.20. The molecule has 1 heterocycles. The van der Waals surface area contributed by atoms with Gasteiger partial charge in [0.1, 0.15) is 0 Å². The van der Waals surface area contributed by atoms with E-state index in [0.29, 0.717) is 0 Å². The van der Waals surface area contributed by atoms with Gasteiger partial charge in [0.2, 0.25) is 11.8 Å². The molecule has 5 heteroatoms. The van der Waals surface area contributed by atoms with E-state index in [4.69, 9.17) is 0 Å². The summed E-state index contributed by atoms with van der Waals surface area (Å²) in [5.74, 6) is -0.559. The summed E-state index contributed by atoms with van der Waals surface area (Å²) < 4.78 is 0. The summed E-state index contributed by atoms with van der Waals surface area (Å²) in [5, 5.41) is 0. The highest BCUT2D eigenvalue weighted by atomic mass is 16.2. The van der Waals surface area contributed by atoms with Crippen LogP contribution in [0.4, 0.5) is 4.79 Å². The maximum Gasteiger partial charge on any atom is 0.334 e. The Labute approximate surface area is 94.4 Å². The number of fused-ring (bicyclic) bond motifs is 1. The number of rotatable bonds is 0. The van der Waals surface area contributed by atoms with Crippen LogP contribution in [0.2, 0.25) is 0 Å². The fourth-order valence-corrected chi connectivity index (χ4v) is 2.96. The standard InChI is InChI=1S/C11H16N2O3/c1-6(14)12-8-5-11(3,4)9(8)13(7(2)15)10(12)16/h8-9H,5H2,1-4H3/t8-,9-/m0/s1. The Morgan fingerprint density at radius 3 is 2.00 bits per heavy atom. The summed E-state index contributed by atoms with van der Waals surface area (Å²) in [6.07, 6.45) is 0.771. The van der Waals surface area contributed by atoms with E-state index >= 15 is 0 Å². The van der Waals surface area contributed by atoms with Gasteiger partial charge in [0.15, 0.2) is 0 Å². The number of hydrogen-bond donors (Lipinski definition) is 0. The average molecular weight is 224 g/mol. The second-order valence-corrected chi connectivity index (χ2v) is 5.27. The van der Waals surface area contributed by atoms with Gasteiger partial charge < -0.3 is 0 Å². The molecule has 0 N–H and O–H groups in total. The Balaban J connectivity index is 2.38. The fraction of sp³-hybridized carbons (Fsp3) is 0.727. The average Bonchev–Trinajstić information content (AvgIpc) is 2.35. The van der Waals surface area contributed by atoms with Gasteiger partial charge in [0, 0.05) is 13.8 Å². The van der Waals surface area contributed by atoms with E-state index in [1.807, 2.05) is 13.8 Å². The van der Waals surface area contributed by atoms with E-state index in [0.717, 1.165) is 6.42 Å². The van der Waals surface area contributed by atoms with Gasteiger partial charge in [0.05, 0.1) is 12.1 Å². The summed E-state index contributed by atoms with van der Waals surface area (Å²) in [4.78, 5) is 37.3. The molecule has 16 heavy (non-hydrogen) atoms. The molecule has 0 bridgehead atoms. The summed E-state index contributed by atoms with van der Waals surface area (Å²) >= 11 is 0. The van der Waals surface area contributed by atoms with Crippen molar-refractivity contribution in [2.75, 3.05) is 0 Å². The number of hydrogen-bond acceptors (Lipinski definition) is 3. The summed E-state index contributed by atoms with van der Waals surface area (Å²) in [5.41, 5.74) is -0.0871. The Morgan fingerprint density at radius 1 is 1.19 bits per heavy atom. The van der Waals surface area contributed by atoms with Crippen molar-refractivity contribution in [3.63, 3.8) is 0 Å². The van der Waals surface area contributed by atoms with Crippen LogP contribution in [0.25, 0.3) is 0 Å². The fourth-order valence-electron chi connectivity index (χ4n) is 2.96. The monoisotopic (exact) mass is 224 g/mol. The van der Waals surface area contributed by atoms with Crippen LogP contribution in [0.3, 0.4) is 0 Å². The quantitative estimate of drug-likeness (QED) is 0.616. The van der Waals surface area contributed by atoms with Crippen LogP contribution >= 0.6 is 0 Å². The third-order valence-corrected chi connectivity index (χ3v) is 3.60. The summed E-state index contributed by atoms with van der Waals surface area (Å²) in [6.45, 7) is 6.76. The Morgan fingerprint density at radius 2 is 1.69 bits per heavy atom. The van der Waals surface area contributed by atoms with Crippen LogP contribution in [-0.2, 0) is 9.59 Å². The van der Waals surface area contributed by atoms with E-state index in [9.17, 15) is 14.4 Å². The highest BCUT2D eigenvalue weighted by molar-refractivity contribution is 6.04. The normalized spacial score (nSPS) is 31.1. The molecule has 1 aliphatic heterocycles. The maximum atomic E-state index is 11.9. The highest BCUT2D eigenvalue weighted by Crippen LogP contribution is 2.50. The van der Waals surface area contributed by atoms with E-state index in [1.54, 1.807) is 0 Å². The summed E-state index contributed by atoms with van der Waals surface area (Å²) in [7, 11) is 0. The minimum absolute atomic E-state index is 0.0871. The van der Waals surface area contributed by atoms with Crippen molar-refractivity contribution in [2.45, 2.75) is 46.2 Å². The molecule has 88 valence electrons. The van der Waals surface area contributed by atoms with Gasteiger partial charge in [-0.3, -0.25) is 19.4 Å². The molecule has 2 atom stereocenters. The first-order chi connectivity index (χ1) is 7.27. The second-order valence-electron chi connectivity index (χ2n) is 5.27. The number of carbonyl (C=O) groups is 3. The molecule has 0 aromatic heterocycles. The molecule has 0 spiro atoms. The van der Waals surface area contributed by atoms with Crippen molar-refractivity contribution in [3.05, 3.63) is 0 Å². The second kappa shape index (κ2) is 3.06. The first kappa shape index (κ1) is 11.1. The first-order valence-electron chi connectivity index (χ1n) is 5.41. The molecule has 2 aliphatic rings. The van der Waals surface area contributed by atoms with E-state index in [2.05, 4.69) is 0 Å². The van der Waals surface area contributed by atoms with Crippen molar-refractivity contribution in [1.29, 1.82) is 0 Å². The molecule has 1 saturated carbocycles. The van der Waals surface area contributed by atoms with Gasteiger partial charge in [-0.25, -0.2) is 4.79 Å². The zero-order valence-corrected chi connectivity index (χ0v) is 9.98. The van der Waals surface area contributed by atoms with Crippen LogP contribution in [0, 0.1) is 5.41 Å². The van der Waals surface area contributed by atoms with Gasteiger partial charge in [-0.05, 0) is 11.8 Å². The SMILES string of the molecule is CC(=O)N1C(=O)N(C(C)=O)[C@H]2CC(C)(C)[C@H]21. The molecule has 0 aromatic rings. The number of imide groups is 2. The largest absolute Gasteiger partial charge is 0.334 e. The Bertz CT molecular complexity index is 389.